The molecule has 1 aliphatic carbocycles. The maximum Gasteiger partial charge on any atom is 0.163 e. The fourth-order valence-electron chi connectivity index (χ4n) is 5.16. The van der Waals surface area contributed by atoms with Gasteiger partial charge in [0.1, 0.15) is 5.75 Å². The van der Waals surface area contributed by atoms with Gasteiger partial charge in [0, 0.05) is 17.7 Å². The van der Waals surface area contributed by atoms with E-state index >= 15 is 0 Å². The van der Waals surface area contributed by atoms with Crippen LogP contribution in [0, 0.1) is 0 Å². The Hall–Kier alpha value is -3.53. The summed E-state index contributed by atoms with van der Waals surface area (Å²) in [7, 11) is 0. The van der Waals surface area contributed by atoms with E-state index in [-0.39, 0.29) is 23.2 Å². The highest BCUT2D eigenvalue weighted by atomic mass is 16.5. The molecule has 2 N–H and O–H groups in total. The van der Waals surface area contributed by atoms with Gasteiger partial charge in [0.25, 0.3) is 0 Å². The van der Waals surface area contributed by atoms with Gasteiger partial charge in [0.05, 0.1) is 24.0 Å². The highest BCUT2D eigenvalue weighted by Crippen LogP contribution is 2.44. The summed E-state index contributed by atoms with van der Waals surface area (Å²) in [6, 6.07) is 24.9. The molecule has 2 atom stereocenters. The van der Waals surface area contributed by atoms with Crippen molar-refractivity contribution in [3.8, 4) is 5.75 Å². The van der Waals surface area contributed by atoms with Gasteiger partial charge in [-0.05, 0) is 65.6 Å². The quantitative estimate of drug-likeness (QED) is 0.422. The third-order valence-corrected chi connectivity index (χ3v) is 7.08. The predicted octanol–water partition coefficient (Wildman–Crippen LogP) is 7.36. The monoisotopic (exact) mass is 466 g/mol. The number of carbonyl (C=O) groups excluding carboxylic acids is 1. The number of allylic oxidation sites excluding steroid dienone is 1. The number of Topliss-reactive ketones (excluding diaryl/α,β-unsaturated/α-hetero) is 1. The zero-order valence-corrected chi connectivity index (χ0v) is 21.0. The van der Waals surface area contributed by atoms with Crippen molar-refractivity contribution in [2.24, 2.45) is 0 Å². The van der Waals surface area contributed by atoms with E-state index in [2.05, 4.69) is 79.9 Å². The van der Waals surface area contributed by atoms with Gasteiger partial charge in [0.15, 0.2) is 5.78 Å². The first-order valence-electron chi connectivity index (χ1n) is 12.6. The smallest absolute Gasteiger partial charge is 0.163 e. The SMILES string of the molecule is CCOc1ccc(C2CC(=O)C3=C(C2)Nc2ccccc2NC3c2ccc(C(C)(C)C)cc2)cc1. The molecule has 0 amide bonds. The van der Waals surface area contributed by atoms with E-state index in [9.17, 15) is 4.79 Å². The number of fused-ring (bicyclic) bond motifs is 1. The first-order chi connectivity index (χ1) is 16.8. The molecule has 2 aliphatic rings. The van der Waals surface area contributed by atoms with E-state index in [4.69, 9.17) is 4.74 Å². The minimum atomic E-state index is -0.191. The molecule has 0 saturated carbocycles. The number of rotatable bonds is 4. The van der Waals surface area contributed by atoms with Gasteiger partial charge in [-0.3, -0.25) is 4.79 Å². The summed E-state index contributed by atoms with van der Waals surface area (Å²) >= 11 is 0. The lowest BCUT2D eigenvalue weighted by molar-refractivity contribution is -0.116. The lowest BCUT2D eigenvalue weighted by atomic mass is 9.78. The summed E-state index contributed by atoms with van der Waals surface area (Å²) in [6.45, 7) is 9.29. The van der Waals surface area contributed by atoms with Crippen LogP contribution in [0.15, 0.2) is 84.1 Å². The summed E-state index contributed by atoms with van der Waals surface area (Å²) in [5, 5.41) is 7.31. The van der Waals surface area contributed by atoms with Crippen molar-refractivity contribution >= 4 is 17.2 Å². The van der Waals surface area contributed by atoms with Crippen molar-refractivity contribution in [3.63, 3.8) is 0 Å². The van der Waals surface area contributed by atoms with E-state index in [1.807, 2.05) is 31.2 Å². The summed E-state index contributed by atoms with van der Waals surface area (Å²) < 4.78 is 5.61. The Bertz CT molecular complexity index is 1250. The van der Waals surface area contributed by atoms with Crippen LogP contribution in [0.1, 0.15) is 69.2 Å². The third kappa shape index (κ3) is 4.70. The Kier molecular flexibility index (Phi) is 6.14. The molecule has 4 heteroatoms. The van der Waals surface area contributed by atoms with Crippen LogP contribution in [0.2, 0.25) is 0 Å². The Balaban J connectivity index is 1.53. The molecule has 3 aromatic carbocycles. The second kappa shape index (κ2) is 9.26. The average Bonchev–Trinajstić information content (AvgIpc) is 3.01. The standard InChI is InChI=1S/C31H34N2O2/c1-5-35-24-16-12-20(13-17-24)22-18-27-29(28(34)19-22)30(33-26-9-7-6-8-25(26)32-27)21-10-14-23(15-11-21)31(2,3)4/h6-17,22,30,32-33H,5,18-19H2,1-4H3. The number of carbonyl (C=O) groups is 1. The van der Waals surface area contributed by atoms with Crippen molar-refractivity contribution < 1.29 is 9.53 Å². The molecule has 5 rings (SSSR count). The molecule has 3 aromatic rings. The van der Waals surface area contributed by atoms with Gasteiger partial charge >= 0.3 is 0 Å². The molecule has 2 unspecified atom stereocenters. The molecule has 180 valence electrons. The second-order valence-corrected chi connectivity index (χ2v) is 10.5. The van der Waals surface area contributed by atoms with Crippen LogP contribution in [-0.4, -0.2) is 12.4 Å². The molecular weight excluding hydrogens is 432 g/mol. The van der Waals surface area contributed by atoms with E-state index < -0.39 is 0 Å². The van der Waals surface area contributed by atoms with E-state index in [1.165, 1.54) is 11.1 Å². The van der Waals surface area contributed by atoms with Crippen molar-refractivity contribution in [3.05, 3.63) is 101 Å². The maximum atomic E-state index is 13.7. The summed E-state index contributed by atoms with van der Waals surface area (Å²) in [5.41, 5.74) is 7.54. The Morgan fingerprint density at radius 1 is 0.857 bits per heavy atom. The first-order valence-corrected chi connectivity index (χ1v) is 12.6. The molecular formula is C31H34N2O2. The van der Waals surface area contributed by atoms with Gasteiger partial charge in [-0.25, -0.2) is 0 Å². The molecule has 0 bridgehead atoms. The lowest BCUT2D eigenvalue weighted by Crippen LogP contribution is -2.27. The number of para-hydroxylation sites is 2. The summed E-state index contributed by atoms with van der Waals surface area (Å²) in [5.74, 6) is 1.20. The van der Waals surface area contributed by atoms with E-state index in [0.29, 0.717) is 13.0 Å². The van der Waals surface area contributed by atoms with Gasteiger partial charge in [-0.15, -0.1) is 0 Å². The molecule has 4 nitrogen and oxygen atoms in total. The van der Waals surface area contributed by atoms with E-state index in [0.717, 1.165) is 40.4 Å². The molecule has 0 fully saturated rings. The Morgan fingerprint density at radius 2 is 1.51 bits per heavy atom. The fourth-order valence-corrected chi connectivity index (χ4v) is 5.16. The number of hydrogen-bond donors (Lipinski definition) is 2. The van der Waals surface area contributed by atoms with Crippen LogP contribution in [0.5, 0.6) is 5.75 Å². The Morgan fingerprint density at radius 3 is 2.17 bits per heavy atom. The van der Waals surface area contributed by atoms with Crippen molar-refractivity contribution in [1.82, 2.24) is 0 Å². The third-order valence-electron chi connectivity index (χ3n) is 7.08. The highest BCUT2D eigenvalue weighted by Gasteiger charge is 2.36. The fraction of sp³-hybridized carbons (Fsp3) is 0.323. The van der Waals surface area contributed by atoms with Gasteiger partial charge in [-0.2, -0.15) is 0 Å². The maximum absolute atomic E-state index is 13.7. The minimum absolute atomic E-state index is 0.0829. The number of ether oxygens (including phenoxy) is 1. The van der Waals surface area contributed by atoms with Crippen LogP contribution in [0.3, 0.4) is 0 Å². The molecule has 0 spiro atoms. The lowest BCUT2D eigenvalue weighted by Gasteiger charge is -2.30. The van der Waals surface area contributed by atoms with Crippen molar-refractivity contribution in [2.75, 3.05) is 17.2 Å². The zero-order chi connectivity index (χ0) is 24.6. The van der Waals surface area contributed by atoms with Crippen LogP contribution in [0.25, 0.3) is 0 Å². The molecule has 1 heterocycles. The zero-order valence-electron chi connectivity index (χ0n) is 21.0. The summed E-state index contributed by atoms with van der Waals surface area (Å²) in [4.78, 5) is 13.7. The normalized spacial score (nSPS) is 19.7. The van der Waals surface area contributed by atoms with Gasteiger partial charge < -0.3 is 15.4 Å². The summed E-state index contributed by atoms with van der Waals surface area (Å²) in [6.07, 6.45) is 1.30. The molecule has 0 aromatic heterocycles. The van der Waals surface area contributed by atoms with Crippen LogP contribution in [0.4, 0.5) is 11.4 Å². The molecule has 35 heavy (non-hydrogen) atoms. The number of hydrogen-bond acceptors (Lipinski definition) is 4. The molecule has 0 saturated heterocycles. The van der Waals surface area contributed by atoms with Crippen molar-refractivity contribution in [1.29, 1.82) is 0 Å². The topological polar surface area (TPSA) is 50.4 Å². The predicted molar refractivity (Wildman–Crippen MR) is 143 cm³/mol. The first kappa shape index (κ1) is 23.2. The number of ketones is 1. The Labute approximate surface area is 208 Å². The van der Waals surface area contributed by atoms with Gasteiger partial charge in [-0.1, -0.05) is 69.3 Å². The number of nitrogens with one attached hydrogen (secondary N) is 2. The second-order valence-electron chi connectivity index (χ2n) is 10.5. The van der Waals surface area contributed by atoms with E-state index in [1.54, 1.807) is 0 Å². The largest absolute Gasteiger partial charge is 0.494 e. The minimum Gasteiger partial charge on any atom is -0.494 e. The van der Waals surface area contributed by atoms with Crippen LogP contribution >= 0.6 is 0 Å². The number of benzene rings is 3. The van der Waals surface area contributed by atoms with Crippen LogP contribution in [-0.2, 0) is 10.2 Å². The molecule has 0 radical (unpaired) electrons. The van der Waals surface area contributed by atoms with Crippen molar-refractivity contribution in [2.45, 2.75) is 57.9 Å². The van der Waals surface area contributed by atoms with Crippen LogP contribution < -0.4 is 15.4 Å². The number of anilines is 2. The molecule has 1 aliphatic heterocycles. The van der Waals surface area contributed by atoms with Gasteiger partial charge in [0.2, 0.25) is 0 Å². The average molecular weight is 467 g/mol. The highest BCUT2D eigenvalue weighted by molar-refractivity contribution is 6.01.